The molecule has 0 spiro atoms. The van der Waals surface area contributed by atoms with E-state index in [0.717, 1.165) is 34.7 Å². The second-order valence-electron chi connectivity index (χ2n) is 5.75. The Morgan fingerprint density at radius 2 is 2.00 bits per heavy atom. The van der Waals surface area contributed by atoms with Crippen LogP contribution in [0.2, 0.25) is 0 Å². The van der Waals surface area contributed by atoms with Crippen molar-refractivity contribution in [2.24, 2.45) is 4.99 Å². The summed E-state index contributed by atoms with van der Waals surface area (Å²) in [4.78, 5) is 10.9. The number of aromatic nitrogens is 1. The number of guanidine groups is 1. The van der Waals surface area contributed by atoms with Crippen LogP contribution in [0.25, 0.3) is 0 Å². The van der Waals surface area contributed by atoms with Gasteiger partial charge in [-0.25, -0.2) is 4.98 Å². The molecule has 6 nitrogen and oxygen atoms in total. The zero-order valence-corrected chi connectivity index (χ0v) is 16.3. The van der Waals surface area contributed by atoms with Crippen LogP contribution in [-0.2, 0) is 6.54 Å². The molecule has 0 bridgehead atoms. The molecular weight excluding hydrogens is 336 g/mol. The van der Waals surface area contributed by atoms with Crippen LogP contribution in [0, 0.1) is 6.92 Å². The number of ether oxygens (including phenoxy) is 2. The van der Waals surface area contributed by atoms with Crippen molar-refractivity contribution in [3.05, 3.63) is 40.3 Å². The van der Waals surface area contributed by atoms with Crippen molar-refractivity contribution in [3.8, 4) is 11.5 Å². The average molecular weight is 362 g/mol. The molecule has 136 valence electrons. The Bertz CT molecular complexity index is 685. The molecule has 7 heteroatoms. The number of nitrogens with zero attached hydrogens (tertiary/aromatic N) is 3. The Kier molecular flexibility index (Phi) is 7.06. The third-order valence-electron chi connectivity index (χ3n) is 3.58. The lowest BCUT2D eigenvalue weighted by Crippen LogP contribution is -2.42. The van der Waals surface area contributed by atoms with Crippen molar-refractivity contribution in [1.82, 2.24) is 15.2 Å². The maximum Gasteiger partial charge on any atom is 0.193 e. The summed E-state index contributed by atoms with van der Waals surface area (Å²) >= 11 is 1.66. The highest BCUT2D eigenvalue weighted by Gasteiger charge is 2.11. The smallest absolute Gasteiger partial charge is 0.193 e. The molecule has 0 aliphatic carbocycles. The van der Waals surface area contributed by atoms with Gasteiger partial charge in [-0.2, -0.15) is 0 Å². The van der Waals surface area contributed by atoms with Gasteiger partial charge in [0.15, 0.2) is 5.96 Å². The molecule has 0 aliphatic heterocycles. The molecule has 2 aromatic rings. The maximum absolute atomic E-state index is 5.91. The first-order chi connectivity index (χ1) is 12.0. The van der Waals surface area contributed by atoms with Crippen molar-refractivity contribution in [2.45, 2.75) is 26.5 Å². The third-order valence-corrected chi connectivity index (χ3v) is 4.41. The average Bonchev–Trinajstić information content (AvgIpc) is 3.01. The van der Waals surface area contributed by atoms with E-state index in [-0.39, 0.29) is 6.10 Å². The van der Waals surface area contributed by atoms with Crippen LogP contribution in [0.3, 0.4) is 0 Å². The van der Waals surface area contributed by atoms with E-state index in [9.17, 15) is 0 Å². The lowest BCUT2D eigenvalue weighted by molar-refractivity contribution is 0.222. The van der Waals surface area contributed by atoms with Gasteiger partial charge >= 0.3 is 0 Å². The van der Waals surface area contributed by atoms with Crippen LogP contribution < -0.4 is 14.8 Å². The summed E-state index contributed by atoms with van der Waals surface area (Å²) < 4.78 is 11.1. The Balaban J connectivity index is 1.82. The Morgan fingerprint density at radius 1 is 1.32 bits per heavy atom. The SMILES string of the molecule is CN=C(NCC(C)Oc1ccc(OC)cc1)N(C)Cc1csc(C)n1. The van der Waals surface area contributed by atoms with Gasteiger partial charge in [0.2, 0.25) is 0 Å². The summed E-state index contributed by atoms with van der Waals surface area (Å²) in [5, 5.41) is 6.50. The number of aryl methyl sites for hydroxylation is 1. The van der Waals surface area contributed by atoms with Gasteiger partial charge in [-0.3, -0.25) is 4.99 Å². The number of hydrogen-bond donors (Lipinski definition) is 1. The molecule has 2 rings (SSSR count). The van der Waals surface area contributed by atoms with Crippen LogP contribution in [0.15, 0.2) is 34.6 Å². The zero-order chi connectivity index (χ0) is 18.2. The van der Waals surface area contributed by atoms with Crippen LogP contribution in [0.5, 0.6) is 11.5 Å². The van der Waals surface area contributed by atoms with Crippen molar-refractivity contribution in [3.63, 3.8) is 0 Å². The quantitative estimate of drug-likeness (QED) is 0.606. The van der Waals surface area contributed by atoms with Crippen LogP contribution >= 0.6 is 11.3 Å². The predicted molar refractivity (Wildman–Crippen MR) is 103 cm³/mol. The lowest BCUT2D eigenvalue weighted by atomic mass is 10.3. The first kappa shape index (κ1) is 19.1. The zero-order valence-electron chi connectivity index (χ0n) is 15.4. The topological polar surface area (TPSA) is 59.0 Å². The molecular formula is C18H26N4O2S. The molecule has 0 amide bonds. The van der Waals surface area contributed by atoms with Gasteiger partial charge < -0.3 is 19.7 Å². The first-order valence-electron chi connectivity index (χ1n) is 8.15. The number of methoxy groups -OCH3 is 1. The van der Waals surface area contributed by atoms with Crippen molar-refractivity contribution in [1.29, 1.82) is 0 Å². The van der Waals surface area contributed by atoms with E-state index in [1.54, 1.807) is 25.5 Å². The van der Waals surface area contributed by atoms with Gasteiger partial charge in [0.1, 0.15) is 17.6 Å². The fraction of sp³-hybridized carbons (Fsp3) is 0.444. The first-order valence-corrected chi connectivity index (χ1v) is 9.03. The van der Waals surface area contributed by atoms with E-state index in [0.29, 0.717) is 6.54 Å². The van der Waals surface area contributed by atoms with E-state index in [1.807, 2.05) is 45.2 Å². The van der Waals surface area contributed by atoms with Crippen LogP contribution in [0.1, 0.15) is 17.6 Å². The highest BCUT2D eigenvalue weighted by atomic mass is 32.1. The van der Waals surface area contributed by atoms with Gasteiger partial charge in [-0.15, -0.1) is 11.3 Å². The molecule has 0 aliphatic rings. The number of rotatable bonds is 7. The van der Waals surface area contributed by atoms with E-state index in [1.165, 1.54) is 0 Å². The molecule has 0 fully saturated rings. The summed E-state index contributed by atoms with van der Waals surface area (Å²) in [6.45, 7) is 5.41. The number of thiazole rings is 1. The van der Waals surface area contributed by atoms with E-state index >= 15 is 0 Å². The molecule has 1 aromatic heterocycles. The fourth-order valence-corrected chi connectivity index (χ4v) is 2.95. The van der Waals surface area contributed by atoms with Crippen molar-refractivity contribution < 1.29 is 9.47 Å². The molecule has 1 heterocycles. The second kappa shape index (κ2) is 9.27. The molecule has 1 N–H and O–H groups in total. The normalized spacial score (nSPS) is 12.6. The van der Waals surface area contributed by atoms with Crippen LogP contribution in [0.4, 0.5) is 0 Å². The largest absolute Gasteiger partial charge is 0.497 e. The van der Waals surface area contributed by atoms with E-state index < -0.39 is 0 Å². The Labute approximate surface area is 153 Å². The summed E-state index contributed by atoms with van der Waals surface area (Å²) in [5.74, 6) is 2.45. The Morgan fingerprint density at radius 3 is 2.56 bits per heavy atom. The van der Waals surface area contributed by atoms with Crippen molar-refractivity contribution in [2.75, 3.05) is 27.7 Å². The minimum Gasteiger partial charge on any atom is -0.497 e. The number of hydrogen-bond acceptors (Lipinski definition) is 5. The Hall–Kier alpha value is -2.28. The summed E-state index contributed by atoms with van der Waals surface area (Å²) in [6, 6.07) is 7.58. The van der Waals surface area contributed by atoms with Gasteiger partial charge in [0.05, 0.1) is 30.9 Å². The van der Waals surface area contributed by atoms with E-state index in [4.69, 9.17) is 9.47 Å². The molecule has 0 saturated heterocycles. The molecule has 0 saturated carbocycles. The number of nitrogens with one attached hydrogen (secondary N) is 1. The fourth-order valence-electron chi connectivity index (χ4n) is 2.35. The lowest BCUT2D eigenvalue weighted by Gasteiger charge is -2.23. The van der Waals surface area contributed by atoms with Gasteiger partial charge in [-0.1, -0.05) is 0 Å². The van der Waals surface area contributed by atoms with Gasteiger partial charge in [-0.05, 0) is 38.1 Å². The maximum atomic E-state index is 5.91. The van der Waals surface area contributed by atoms with Crippen molar-refractivity contribution >= 4 is 17.3 Å². The predicted octanol–water partition coefficient (Wildman–Crippen LogP) is 2.93. The minimum absolute atomic E-state index is 0.0000573. The van der Waals surface area contributed by atoms with Crippen LogP contribution in [-0.4, -0.2) is 49.7 Å². The molecule has 25 heavy (non-hydrogen) atoms. The molecule has 1 unspecified atom stereocenters. The molecule has 1 atom stereocenters. The molecule has 0 radical (unpaired) electrons. The monoisotopic (exact) mass is 362 g/mol. The highest BCUT2D eigenvalue weighted by Crippen LogP contribution is 2.18. The van der Waals surface area contributed by atoms with Gasteiger partial charge in [0.25, 0.3) is 0 Å². The number of benzene rings is 1. The second-order valence-corrected chi connectivity index (χ2v) is 6.81. The summed E-state index contributed by atoms with van der Waals surface area (Å²) in [7, 11) is 5.43. The third kappa shape index (κ3) is 5.94. The standard InChI is InChI=1S/C18H26N4O2S/c1-13(24-17-8-6-16(23-5)7-9-17)10-20-18(19-3)22(4)11-15-12-25-14(2)21-15/h6-9,12-13H,10-11H2,1-5H3,(H,19,20). The van der Waals surface area contributed by atoms with E-state index in [2.05, 4.69) is 25.6 Å². The summed E-state index contributed by atoms with van der Waals surface area (Å²) in [5.41, 5.74) is 1.05. The van der Waals surface area contributed by atoms with Gasteiger partial charge in [0, 0.05) is 19.5 Å². The summed E-state index contributed by atoms with van der Waals surface area (Å²) in [6.07, 6.45) is 0.0000573. The highest BCUT2D eigenvalue weighted by molar-refractivity contribution is 7.09. The minimum atomic E-state index is 0.0000573. The molecule has 1 aromatic carbocycles. The number of aliphatic imine (C=N–C) groups is 1.